The third kappa shape index (κ3) is 2.50. The number of nitrogens with zero attached hydrogens (tertiary/aromatic N) is 3. The van der Waals surface area contributed by atoms with Crippen molar-refractivity contribution in [2.24, 2.45) is 0 Å². The Morgan fingerprint density at radius 1 is 0.880 bits per heavy atom. The van der Waals surface area contributed by atoms with Crippen molar-refractivity contribution in [2.45, 2.75) is 52.4 Å². The van der Waals surface area contributed by atoms with Crippen LogP contribution in [0.3, 0.4) is 0 Å². The Bertz CT molecular complexity index is 1110. The predicted octanol–water partition coefficient (Wildman–Crippen LogP) is 5.63. The lowest BCUT2D eigenvalue weighted by atomic mass is 9.88. The summed E-state index contributed by atoms with van der Waals surface area (Å²) in [4.78, 5) is 9.67. The highest BCUT2D eigenvalue weighted by atomic mass is 15.0. The molecule has 3 heteroatoms. The van der Waals surface area contributed by atoms with Crippen molar-refractivity contribution in [1.82, 2.24) is 14.4 Å². The lowest BCUT2D eigenvalue weighted by molar-refractivity contribution is 0.563. The molecule has 0 radical (unpaired) electrons. The molecule has 128 valence electrons. The van der Waals surface area contributed by atoms with Gasteiger partial charge in [0.1, 0.15) is 5.65 Å². The van der Waals surface area contributed by atoms with Crippen LogP contribution in [0.25, 0.3) is 27.5 Å². The fraction of sp³-hybridized carbons (Fsp3) is 0.364. The summed E-state index contributed by atoms with van der Waals surface area (Å²) in [5.41, 5.74) is 5.61. The molecule has 0 spiro atoms. The van der Waals surface area contributed by atoms with Gasteiger partial charge in [-0.05, 0) is 29.7 Å². The molecule has 0 unspecified atom stereocenters. The van der Waals surface area contributed by atoms with Crippen molar-refractivity contribution in [1.29, 1.82) is 0 Å². The van der Waals surface area contributed by atoms with E-state index in [2.05, 4.69) is 76.3 Å². The smallest absolute Gasteiger partial charge is 0.147 e. The Labute approximate surface area is 148 Å². The minimum atomic E-state index is 0.0150. The van der Waals surface area contributed by atoms with Crippen LogP contribution in [0.2, 0.25) is 0 Å². The number of hydrogen-bond donors (Lipinski definition) is 0. The molecule has 0 aliphatic carbocycles. The summed E-state index contributed by atoms with van der Waals surface area (Å²) in [6, 6.07) is 12.9. The van der Waals surface area contributed by atoms with Gasteiger partial charge in [0.2, 0.25) is 0 Å². The zero-order valence-corrected chi connectivity index (χ0v) is 15.9. The van der Waals surface area contributed by atoms with Gasteiger partial charge >= 0.3 is 0 Å². The first-order valence-electron chi connectivity index (χ1n) is 8.87. The van der Waals surface area contributed by atoms with E-state index in [1.807, 2.05) is 12.3 Å². The van der Waals surface area contributed by atoms with Crippen molar-refractivity contribution >= 4 is 27.5 Å². The van der Waals surface area contributed by atoms with Crippen LogP contribution in [0, 0.1) is 0 Å². The second-order valence-corrected chi connectivity index (χ2v) is 8.95. The molecule has 0 atom stereocenters. The maximum atomic E-state index is 4.93. The monoisotopic (exact) mass is 331 g/mol. The number of aromatic nitrogens is 3. The lowest BCUT2D eigenvalue weighted by Crippen LogP contribution is -2.17. The Kier molecular flexibility index (Phi) is 3.24. The highest BCUT2D eigenvalue weighted by Crippen LogP contribution is 2.33. The molecule has 0 saturated heterocycles. The second kappa shape index (κ2) is 5.04. The van der Waals surface area contributed by atoms with Crippen LogP contribution < -0.4 is 0 Å². The van der Waals surface area contributed by atoms with E-state index in [-0.39, 0.29) is 10.8 Å². The first-order chi connectivity index (χ1) is 11.7. The average Bonchev–Trinajstić information content (AvgIpc) is 2.91. The minimum absolute atomic E-state index is 0.0150. The molecular formula is C22H25N3. The molecule has 0 fully saturated rings. The number of benzene rings is 1. The van der Waals surface area contributed by atoms with Crippen LogP contribution in [0.1, 0.15) is 52.9 Å². The molecule has 3 aromatic heterocycles. The van der Waals surface area contributed by atoms with Gasteiger partial charge < -0.3 is 0 Å². The van der Waals surface area contributed by atoms with E-state index < -0.39 is 0 Å². The maximum absolute atomic E-state index is 4.93. The number of imidazole rings is 1. The Hall–Kier alpha value is -2.42. The van der Waals surface area contributed by atoms with E-state index in [0.717, 1.165) is 27.8 Å². The van der Waals surface area contributed by atoms with Gasteiger partial charge in [-0.2, -0.15) is 0 Å². The SMILES string of the molecule is CC(C)(C)c1cc2cc(C(C)(C)C)n3c4ccccc4nc3c2cn1. The van der Waals surface area contributed by atoms with Gasteiger partial charge in [0.15, 0.2) is 0 Å². The van der Waals surface area contributed by atoms with Gasteiger partial charge in [-0.1, -0.05) is 53.7 Å². The van der Waals surface area contributed by atoms with Crippen LogP contribution in [-0.4, -0.2) is 14.4 Å². The molecule has 0 N–H and O–H groups in total. The van der Waals surface area contributed by atoms with Gasteiger partial charge in [0.25, 0.3) is 0 Å². The van der Waals surface area contributed by atoms with E-state index >= 15 is 0 Å². The first-order valence-corrected chi connectivity index (χ1v) is 8.87. The summed E-state index contributed by atoms with van der Waals surface area (Å²) in [5.74, 6) is 0. The fourth-order valence-corrected chi connectivity index (χ4v) is 3.40. The molecule has 0 aliphatic heterocycles. The van der Waals surface area contributed by atoms with E-state index in [4.69, 9.17) is 9.97 Å². The number of rotatable bonds is 0. The molecule has 0 aliphatic rings. The van der Waals surface area contributed by atoms with Crippen molar-refractivity contribution in [3.05, 3.63) is 54.0 Å². The normalized spacial score (nSPS) is 13.2. The van der Waals surface area contributed by atoms with Gasteiger partial charge in [-0.15, -0.1) is 0 Å². The Balaban J connectivity index is 2.21. The molecule has 3 nitrogen and oxygen atoms in total. The quantitative estimate of drug-likeness (QED) is 0.418. The average molecular weight is 331 g/mol. The first kappa shape index (κ1) is 16.1. The fourth-order valence-electron chi connectivity index (χ4n) is 3.40. The van der Waals surface area contributed by atoms with Gasteiger partial charge in [-0.3, -0.25) is 9.38 Å². The number of hydrogen-bond acceptors (Lipinski definition) is 2. The lowest BCUT2D eigenvalue weighted by Gasteiger charge is -2.23. The van der Waals surface area contributed by atoms with Crippen molar-refractivity contribution < 1.29 is 0 Å². The summed E-state index contributed by atoms with van der Waals surface area (Å²) in [7, 11) is 0. The Morgan fingerprint density at radius 2 is 1.60 bits per heavy atom. The Morgan fingerprint density at radius 3 is 2.28 bits per heavy atom. The maximum Gasteiger partial charge on any atom is 0.147 e. The standard InChI is InChI=1S/C22H25N3/c1-21(2,3)18-11-14-12-19(22(4,5)6)25-17-10-8-7-9-16(17)24-20(25)15(14)13-23-18/h7-13H,1-6H3. The molecule has 0 amide bonds. The van der Waals surface area contributed by atoms with E-state index in [0.29, 0.717) is 0 Å². The van der Waals surface area contributed by atoms with E-state index in [9.17, 15) is 0 Å². The van der Waals surface area contributed by atoms with Crippen LogP contribution in [0.4, 0.5) is 0 Å². The number of para-hydroxylation sites is 2. The third-order valence-electron chi connectivity index (χ3n) is 4.81. The predicted molar refractivity (Wildman–Crippen MR) is 105 cm³/mol. The summed E-state index contributed by atoms with van der Waals surface area (Å²) < 4.78 is 2.30. The molecule has 3 heterocycles. The van der Waals surface area contributed by atoms with Crippen LogP contribution >= 0.6 is 0 Å². The zero-order chi connectivity index (χ0) is 18.0. The third-order valence-corrected chi connectivity index (χ3v) is 4.81. The van der Waals surface area contributed by atoms with Gasteiger partial charge in [0, 0.05) is 33.8 Å². The number of fused-ring (bicyclic) bond motifs is 5. The van der Waals surface area contributed by atoms with Gasteiger partial charge in [0.05, 0.1) is 11.0 Å². The topological polar surface area (TPSA) is 30.2 Å². The van der Waals surface area contributed by atoms with Crippen LogP contribution in [-0.2, 0) is 10.8 Å². The molecule has 25 heavy (non-hydrogen) atoms. The second-order valence-electron chi connectivity index (χ2n) is 8.95. The molecule has 4 aromatic rings. The summed E-state index contributed by atoms with van der Waals surface area (Å²) >= 11 is 0. The van der Waals surface area contributed by atoms with E-state index in [1.165, 1.54) is 11.1 Å². The molecule has 4 rings (SSSR count). The largest absolute Gasteiger partial charge is 0.296 e. The molecule has 0 saturated carbocycles. The highest BCUT2D eigenvalue weighted by Gasteiger charge is 2.23. The molecule has 1 aromatic carbocycles. The van der Waals surface area contributed by atoms with Crippen molar-refractivity contribution in [2.75, 3.05) is 0 Å². The van der Waals surface area contributed by atoms with Crippen LogP contribution in [0.15, 0.2) is 42.6 Å². The highest BCUT2D eigenvalue weighted by molar-refractivity contribution is 5.98. The minimum Gasteiger partial charge on any atom is -0.296 e. The molecular weight excluding hydrogens is 306 g/mol. The van der Waals surface area contributed by atoms with Gasteiger partial charge in [-0.25, -0.2) is 4.98 Å². The zero-order valence-electron chi connectivity index (χ0n) is 15.9. The van der Waals surface area contributed by atoms with E-state index in [1.54, 1.807) is 0 Å². The summed E-state index contributed by atoms with van der Waals surface area (Å²) in [5, 5.41) is 2.32. The van der Waals surface area contributed by atoms with Crippen LogP contribution in [0.5, 0.6) is 0 Å². The summed E-state index contributed by atoms with van der Waals surface area (Å²) in [6.07, 6.45) is 1.99. The number of pyridine rings is 2. The van der Waals surface area contributed by atoms with Crippen molar-refractivity contribution in [3.63, 3.8) is 0 Å². The molecule has 0 bridgehead atoms. The van der Waals surface area contributed by atoms with Crippen molar-refractivity contribution in [3.8, 4) is 0 Å². The summed E-state index contributed by atoms with van der Waals surface area (Å²) in [6.45, 7) is 13.4.